The Bertz CT molecular complexity index is 554. The van der Waals surface area contributed by atoms with Gasteiger partial charge in [0.2, 0.25) is 0 Å². The first-order valence-electron chi connectivity index (χ1n) is 5.65. The average Bonchev–Trinajstić information content (AvgIpc) is 2.72. The van der Waals surface area contributed by atoms with Gasteiger partial charge in [-0.2, -0.15) is 0 Å². The van der Waals surface area contributed by atoms with E-state index in [9.17, 15) is 0 Å². The molecular formula is C12H13Cl2N3S. The molecule has 18 heavy (non-hydrogen) atoms. The standard InChI is InChI=1S/C12H13Cl2N3S/c1-2-3-9-10(5-15)18-12(17-9)11-8(14)4-7(13)6-16-11/h4,6H,2-3,5,15H2,1H3. The number of nitrogens with zero attached hydrogens (tertiary/aromatic N) is 2. The van der Waals surface area contributed by atoms with Gasteiger partial charge in [-0.3, -0.25) is 4.98 Å². The van der Waals surface area contributed by atoms with Gasteiger partial charge in [0.05, 0.1) is 15.7 Å². The van der Waals surface area contributed by atoms with Crippen LogP contribution in [-0.2, 0) is 13.0 Å². The highest BCUT2D eigenvalue weighted by Gasteiger charge is 2.14. The predicted molar refractivity (Wildman–Crippen MR) is 77.3 cm³/mol. The maximum Gasteiger partial charge on any atom is 0.143 e. The molecule has 6 heteroatoms. The van der Waals surface area contributed by atoms with Crippen molar-refractivity contribution < 1.29 is 0 Å². The first kappa shape index (κ1) is 13.7. The highest BCUT2D eigenvalue weighted by Crippen LogP contribution is 2.32. The van der Waals surface area contributed by atoms with Crippen molar-refractivity contribution in [2.24, 2.45) is 5.73 Å². The number of hydrogen-bond acceptors (Lipinski definition) is 4. The molecule has 0 aliphatic heterocycles. The van der Waals surface area contributed by atoms with Crippen molar-refractivity contribution in [2.45, 2.75) is 26.3 Å². The Morgan fingerprint density at radius 2 is 2.17 bits per heavy atom. The van der Waals surface area contributed by atoms with E-state index in [0.29, 0.717) is 22.3 Å². The van der Waals surface area contributed by atoms with Crippen LogP contribution in [0.25, 0.3) is 10.7 Å². The van der Waals surface area contributed by atoms with Crippen LogP contribution in [0, 0.1) is 0 Å². The number of thiazole rings is 1. The lowest BCUT2D eigenvalue weighted by Crippen LogP contribution is -1.97. The molecule has 0 unspecified atom stereocenters. The van der Waals surface area contributed by atoms with Crippen LogP contribution in [0.4, 0.5) is 0 Å². The third-order valence-corrected chi connectivity index (χ3v) is 4.08. The molecule has 0 aromatic carbocycles. The van der Waals surface area contributed by atoms with Gasteiger partial charge < -0.3 is 5.73 Å². The van der Waals surface area contributed by atoms with Crippen LogP contribution in [0.15, 0.2) is 12.3 Å². The highest BCUT2D eigenvalue weighted by molar-refractivity contribution is 7.15. The molecule has 0 aliphatic carbocycles. The van der Waals surface area contributed by atoms with E-state index >= 15 is 0 Å². The lowest BCUT2D eigenvalue weighted by Gasteiger charge is -1.99. The molecule has 0 amide bonds. The van der Waals surface area contributed by atoms with Crippen LogP contribution in [0.5, 0.6) is 0 Å². The Labute approximate surface area is 120 Å². The fourth-order valence-corrected chi connectivity index (χ4v) is 3.17. The lowest BCUT2D eigenvalue weighted by molar-refractivity contribution is 0.871. The zero-order chi connectivity index (χ0) is 13.1. The molecule has 0 saturated carbocycles. The van der Waals surface area contributed by atoms with Crippen molar-refractivity contribution in [1.29, 1.82) is 0 Å². The summed E-state index contributed by atoms with van der Waals surface area (Å²) in [6, 6.07) is 1.68. The van der Waals surface area contributed by atoms with Crippen molar-refractivity contribution in [2.75, 3.05) is 0 Å². The zero-order valence-corrected chi connectivity index (χ0v) is 12.2. The minimum Gasteiger partial charge on any atom is -0.326 e. The number of aryl methyl sites for hydroxylation is 1. The number of nitrogens with two attached hydrogens (primary N) is 1. The van der Waals surface area contributed by atoms with E-state index in [0.717, 1.165) is 28.4 Å². The molecule has 2 aromatic heterocycles. The topological polar surface area (TPSA) is 51.8 Å². The van der Waals surface area contributed by atoms with Gasteiger partial charge in [0, 0.05) is 17.6 Å². The molecule has 0 atom stereocenters. The monoisotopic (exact) mass is 301 g/mol. The fourth-order valence-electron chi connectivity index (χ4n) is 1.65. The SMILES string of the molecule is CCCc1nc(-c2ncc(Cl)cc2Cl)sc1CN. The first-order chi connectivity index (χ1) is 8.65. The Morgan fingerprint density at radius 3 is 2.78 bits per heavy atom. The van der Waals surface area contributed by atoms with Crippen molar-refractivity contribution in [3.05, 3.63) is 32.9 Å². The van der Waals surface area contributed by atoms with Crippen LogP contribution < -0.4 is 5.73 Å². The van der Waals surface area contributed by atoms with E-state index < -0.39 is 0 Å². The average molecular weight is 302 g/mol. The molecule has 2 N–H and O–H groups in total. The second-order valence-electron chi connectivity index (χ2n) is 3.83. The van der Waals surface area contributed by atoms with Crippen molar-refractivity contribution >= 4 is 34.5 Å². The zero-order valence-electron chi connectivity index (χ0n) is 9.91. The molecule has 96 valence electrons. The Morgan fingerprint density at radius 1 is 1.39 bits per heavy atom. The number of pyridine rings is 1. The normalized spacial score (nSPS) is 10.9. The molecular weight excluding hydrogens is 289 g/mol. The molecule has 0 bridgehead atoms. The van der Waals surface area contributed by atoms with Gasteiger partial charge in [0.15, 0.2) is 0 Å². The van der Waals surface area contributed by atoms with Crippen LogP contribution in [-0.4, -0.2) is 9.97 Å². The van der Waals surface area contributed by atoms with Gasteiger partial charge in [0.25, 0.3) is 0 Å². The molecule has 0 radical (unpaired) electrons. The smallest absolute Gasteiger partial charge is 0.143 e. The van der Waals surface area contributed by atoms with E-state index in [1.165, 1.54) is 0 Å². The third-order valence-electron chi connectivity index (χ3n) is 2.46. The summed E-state index contributed by atoms with van der Waals surface area (Å²) >= 11 is 13.5. The van der Waals surface area contributed by atoms with Gasteiger partial charge >= 0.3 is 0 Å². The maximum atomic E-state index is 6.13. The molecule has 2 rings (SSSR count). The quantitative estimate of drug-likeness (QED) is 0.931. The van der Waals surface area contributed by atoms with Crippen molar-refractivity contribution in [3.63, 3.8) is 0 Å². The van der Waals surface area contributed by atoms with Crippen molar-refractivity contribution in [1.82, 2.24) is 9.97 Å². The lowest BCUT2D eigenvalue weighted by atomic mass is 10.2. The second-order valence-corrected chi connectivity index (χ2v) is 5.75. The first-order valence-corrected chi connectivity index (χ1v) is 7.23. The fraction of sp³-hybridized carbons (Fsp3) is 0.333. The van der Waals surface area contributed by atoms with E-state index in [4.69, 9.17) is 28.9 Å². The summed E-state index contributed by atoms with van der Waals surface area (Å²) < 4.78 is 0. The molecule has 0 saturated heterocycles. The second kappa shape index (κ2) is 5.97. The predicted octanol–water partition coefficient (Wildman–Crippen LogP) is 3.92. The number of rotatable bonds is 4. The van der Waals surface area contributed by atoms with Gasteiger partial charge in [-0.1, -0.05) is 36.5 Å². The third kappa shape index (κ3) is 2.83. The van der Waals surface area contributed by atoms with Crippen molar-refractivity contribution in [3.8, 4) is 10.7 Å². The molecule has 0 fully saturated rings. The summed E-state index contributed by atoms with van der Waals surface area (Å²) in [7, 11) is 0. The summed E-state index contributed by atoms with van der Waals surface area (Å²) in [4.78, 5) is 9.92. The summed E-state index contributed by atoms with van der Waals surface area (Å²) in [6.07, 6.45) is 3.54. The van der Waals surface area contributed by atoms with Gasteiger partial charge in [-0.25, -0.2) is 4.98 Å². The molecule has 0 aliphatic rings. The summed E-state index contributed by atoms with van der Waals surface area (Å²) in [5, 5.41) is 1.84. The van der Waals surface area contributed by atoms with E-state index in [1.54, 1.807) is 23.6 Å². The van der Waals surface area contributed by atoms with Gasteiger partial charge in [-0.05, 0) is 12.5 Å². The van der Waals surface area contributed by atoms with Crippen LogP contribution >= 0.6 is 34.5 Å². The summed E-state index contributed by atoms with van der Waals surface area (Å²) in [6.45, 7) is 2.62. The Hall–Kier alpha value is -0.680. The minimum atomic E-state index is 0.498. The molecule has 3 nitrogen and oxygen atoms in total. The van der Waals surface area contributed by atoms with Crippen LogP contribution in [0.2, 0.25) is 10.0 Å². The minimum absolute atomic E-state index is 0.498. The van der Waals surface area contributed by atoms with Crippen LogP contribution in [0.1, 0.15) is 23.9 Å². The highest BCUT2D eigenvalue weighted by atomic mass is 35.5. The van der Waals surface area contributed by atoms with E-state index in [-0.39, 0.29) is 0 Å². The Balaban J connectivity index is 2.44. The number of aromatic nitrogens is 2. The largest absolute Gasteiger partial charge is 0.326 e. The van der Waals surface area contributed by atoms with E-state index in [1.807, 2.05) is 0 Å². The molecule has 2 aromatic rings. The molecule has 0 spiro atoms. The van der Waals surface area contributed by atoms with Gasteiger partial charge in [0.1, 0.15) is 10.7 Å². The number of halogens is 2. The van der Waals surface area contributed by atoms with Gasteiger partial charge in [-0.15, -0.1) is 11.3 Å². The molecule has 2 heterocycles. The summed E-state index contributed by atoms with van der Waals surface area (Å²) in [5.74, 6) is 0. The van der Waals surface area contributed by atoms with E-state index in [2.05, 4.69) is 16.9 Å². The number of hydrogen-bond donors (Lipinski definition) is 1. The Kier molecular flexibility index (Phi) is 4.56. The maximum absolute atomic E-state index is 6.13. The van der Waals surface area contributed by atoms with Crippen LogP contribution in [0.3, 0.4) is 0 Å². The summed E-state index contributed by atoms with van der Waals surface area (Å²) in [5.41, 5.74) is 7.45.